The Kier molecular flexibility index (Phi) is 4.51. The van der Waals surface area contributed by atoms with Gasteiger partial charge in [-0.1, -0.05) is 0 Å². The molecule has 1 rings (SSSR count). The highest BCUT2D eigenvalue weighted by Crippen LogP contribution is 2.15. The van der Waals surface area contributed by atoms with Gasteiger partial charge >= 0.3 is 0 Å². The van der Waals surface area contributed by atoms with Crippen LogP contribution in [0.1, 0.15) is 13.8 Å². The number of nitrogens with zero attached hydrogens (tertiary/aromatic N) is 1. The lowest BCUT2D eigenvalue weighted by Crippen LogP contribution is -2.55. The summed E-state index contributed by atoms with van der Waals surface area (Å²) in [6.07, 6.45) is 0.617. The van der Waals surface area contributed by atoms with Crippen LogP contribution >= 0.6 is 0 Å². The summed E-state index contributed by atoms with van der Waals surface area (Å²) >= 11 is 0. The van der Waals surface area contributed by atoms with Crippen LogP contribution in [0.2, 0.25) is 0 Å². The van der Waals surface area contributed by atoms with Gasteiger partial charge in [0, 0.05) is 12.8 Å². The van der Waals surface area contributed by atoms with Gasteiger partial charge in [0.15, 0.2) is 9.84 Å². The molecular formula is C10H19NO5S. The second-order valence-corrected chi connectivity index (χ2v) is 6.82. The molecule has 100 valence electrons. The Bertz CT molecular complexity index is 380. The maximum Gasteiger partial charge on any atom is 0.241 e. The summed E-state index contributed by atoms with van der Waals surface area (Å²) < 4.78 is 28.0. The van der Waals surface area contributed by atoms with E-state index in [0.717, 1.165) is 6.26 Å². The molecule has 1 amide bonds. The van der Waals surface area contributed by atoms with E-state index in [1.807, 2.05) is 0 Å². The molecule has 0 aliphatic carbocycles. The standard InChI is InChI=1S/C10H19NO5S/c1-7-6-16-9(5-12)4-11(7)10(13)8(2)17(3,14)15/h7-9,12H,4-6H2,1-3H3. The fourth-order valence-electron chi connectivity index (χ4n) is 1.65. The van der Waals surface area contributed by atoms with Crippen molar-refractivity contribution in [3.63, 3.8) is 0 Å². The van der Waals surface area contributed by atoms with Crippen LogP contribution in [0.15, 0.2) is 0 Å². The molecule has 0 bridgehead atoms. The van der Waals surface area contributed by atoms with Gasteiger partial charge in [-0.15, -0.1) is 0 Å². The summed E-state index contributed by atoms with van der Waals surface area (Å²) in [7, 11) is -3.39. The summed E-state index contributed by atoms with van der Waals surface area (Å²) in [6.45, 7) is 3.54. The number of hydrogen-bond donors (Lipinski definition) is 1. The number of rotatable bonds is 3. The minimum Gasteiger partial charge on any atom is -0.394 e. The third-order valence-electron chi connectivity index (χ3n) is 2.98. The monoisotopic (exact) mass is 265 g/mol. The predicted octanol–water partition coefficient (Wildman–Crippen LogP) is -0.972. The number of carbonyl (C=O) groups excluding carboxylic acids is 1. The largest absolute Gasteiger partial charge is 0.394 e. The molecule has 0 spiro atoms. The summed E-state index contributed by atoms with van der Waals surface area (Å²) in [4.78, 5) is 13.5. The van der Waals surface area contributed by atoms with Gasteiger partial charge in [-0.2, -0.15) is 0 Å². The summed E-state index contributed by atoms with van der Waals surface area (Å²) in [6, 6.07) is -0.172. The average Bonchev–Trinajstić information content (AvgIpc) is 2.26. The molecule has 1 aliphatic rings. The van der Waals surface area contributed by atoms with Crippen LogP contribution < -0.4 is 0 Å². The number of aliphatic hydroxyl groups excluding tert-OH is 1. The highest BCUT2D eigenvalue weighted by atomic mass is 32.2. The SMILES string of the molecule is CC1COC(CO)CN1C(=O)C(C)S(C)(=O)=O. The second kappa shape index (κ2) is 5.32. The number of hydrogen-bond acceptors (Lipinski definition) is 5. The van der Waals surface area contributed by atoms with Crippen molar-refractivity contribution in [1.82, 2.24) is 4.90 Å². The Labute approximate surface area is 101 Å². The molecule has 1 aliphatic heterocycles. The van der Waals surface area contributed by atoms with E-state index < -0.39 is 27.1 Å². The van der Waals surface area contributed by atoms with Crippen LogP contribution in [-0.2, 0) is 19.4 Å². The molecule has 1 saturated heterocycles. The van der Waals surface area contributed by atoms with Crippen molar-refractivity contribution < 1.29 is 23.1 Å². The van der Waals surface area contributed by atoms with Gasteiger partial charge in [0.2, 0.25) is 5.91 Å². The Morgan fingerprint density at radius 1 is 1.59 bits per heavy atom. The van der Waals surface area contributed by atoms with Crippen molar-refractivity contribution in [3.05, 3.63) is 0 Å². The predicted molar refractivity (Wildman–Crippen MR) is 62.3 cm³/mol. The number of carbonyl (C=O) groups is 1. The molecule has 1 fully saturated rings. The number of sulfone groups is 1. The van der Waals surface area contributed by atoms with Crippen molar-refractivity contribution in [3.8, 4) is 0 Å². The molecule has 6 nitrogen and oxygen atoms in total. The molecular weight excluding hydrogens is 246 g/mol. The molecule has 1 N–H and O–H groups in total. The first-order chi connectivity index (χ1) is 7.77. The summed E-state index contributed by atoms with van der Waals surface area (Å²) in [5, 5.41) is 7.94. The highest BCUT2D eigenvalue weighted by Gasteiger charge is 2.35. The molecule has 7 heteroatoms. The smallest absolute Gasteiger partial charge is 0.241 e. The van der Waals surface area contributed by atoms with Crippen LogP contribution in [0.5, 0.6) is 0 Å². The minimum absolute atomic E-state index is 0.172. The van der Waals surface area contributed by atoms with Gasteiger partial charge in [-0.25, -0.2) is 8.42 Å². The second-order valence-electron chi connectivity index (χ2n) is 4.45. The van der Waals surface area contributed by atoms with Crippen LogP contribution in [0.3, 0.4) is 0 Å². The highest BCUT2D eigenvalue weighted by molar-refractivity contribution is 7.92. The average molecular weight is 265 g/mol. The zero-order chi connectivity index (χ0) is 13.2. The Morgan fingerprint density at radius 3 is 2.65 bits per heavy atom. The maximum absolute atomic E-state index is 12.0. The first-order valence-corrected chi connectivity index (χ1v) is 7.44. The minimum atomic E-state index is -3.39. The van der Waals surface area contributed by atoms with Crippen molar-refractivity contribution in [2.24, 2.45) is 0 Å². The third-order valence-corrected chi connectivity index (χ3v) is 4.47. The number of ether oxygens (including phenoxy) is 1. The van der Waals surface area contributed by atoms with Crippen LogP contribution in [0.4, 0.5) is 0 Å². The maximum atomic E-state index is 12.0. The summed E-state index contributed by atoms with van der Waals surface area (Å²) in [5.74, 6) is -0.429. The molecule has 3 atom stereocenters. The molecule has 1 heterocycles. The van der Waals surface area contributed by atoms with Crippen LogP contribution in [0, 0.1) is 0 Å². The van der Waals surface area contributed by atoms with Gasteiger partial charge in [0.05, 0.1) is 25.4 Å². The van der Waals surface area contributed by atoms with Crippen LogP contribution in [-0.4, -0.2) is 67.7 Å². The van der Waals surface area contributed by atoms with E-state index in [1.54, 1.807) is 6.92 Å². The Morgan fingerprint density at radius 2 is 2.18 bits per heavy atom. The van der Waals surface area contributed by atoms with E-state index in [9.17, 15) is 13.2 Å². The van der Waals surface area contributed by atoms with Gasteiger partial charge in [0.1, 0.15) is 5.25 Å². The first-order valence-electron chi connectivity index (χ1n) is 5.49. The lowest BCUT2D eigenvalue weighted by Gasteiger charge is -2.38. The lowest BCUT2D eigenvalue weighted by molar-refractivity contribution is -0.145. The van der Waals surface area contributed by atoms with E-state index >= 15 is 0 Å². The van der Waals surface area contributed by atoms with Gasteiger partial charge in [-0.3, -0.25) is 4.79 Å². The number of aliphatic hydroxyl groups is 1. The van der Waals surface area contributed by atoms with E-state index in [-0.39, 0.29) is 19.2 Å². The van der Waals surface area contributed by atoms with E-state index in [4.69, 9.17) is 9.84 Å². The van der Waals surface area contributed by atoms with Gasteiger partial charge in [-0.05, 0) is 13.8 Å². The van der Waals surface area contributed by atoms with Crippen molar-refractivity contribution in [2.75, 3.05) is 26.0 Å². The molecule has 17 heavy (non-hydrogen) atoms. The summed E-state index contributed by atoms with van der Waals surface area (Å²) in [5.41, 5.74) is 0. The molecule has 0 radical (unpaired) electrons. The zero-order valence-electron chi connectivity index (χ0n) is 10.3. The number of morpholine rings is 1. The van der Waals surface area contributed by atoms with Gasteiger partial charge in [0.25, 0.3) is 0 Å². The Balaban J connectivity index is 2.80. The normalized spacial score (nSPS) is 27.9. The van der Waals surface area contributed by atoms with Crippen molar-refractivity contribution in [1.29, 1.82) is 0 Å². The first kappa shape index (κ1) is 14.4. The van der Waals surface area contributed by atoms with E-state index in [0.29, 0.717) is 6.61 Å². The van der Waals surface area contributed by atoms with Crippen LogP contribution in [0.25, 0.3) is 0 Å². The van der Waals surface area contributed by atoms with E-state index in [1.165, 1.54) is 11.8 Å². The van der Waals surface area contributed by atoms with E-state index in [2.05, 4.69) is 0 Å². The lowest BCUT2D eigenvalue weighted by atomic mass is 10.2. The topological polar surface area (TPSA) is 83.9 Å². The number of amides is 1. The fraction of sp³-hybridized carbons (Fsp3) is 0.900. The quantitative estimate of drug-likeness (QED) is 0.709. The molecule has 0 aromatic heterocycles. The van der Waals surface area contributed by atoms with Crippen molar-refractivity contribution in [2.45, 2.75) is 31.2 Å². The fourth-order valence-corrected chi connectivity index (χ4v) is 2.15. The Hall–Kier alpha value is -0.660. The zero-order valence-corrected chi connectivity index (χ0v) is 11.1. The molecule has 0 saturated carbocycles. The van der Waals surface area contributed by atoms with Gasteiger partial charge < -0.3 is 14.7 Å². The molecule has 0 aromatic carbocycles. The third kappa shape index (κ3) is 3.40. The molecule has 0 aromatic rings. The van der Waals surface area contributed by atoms with Crippen molar-refractivity contribution >= 4 is 15.7 Å². The molecule has 3 unspecified atom stereocenters.